The second kappa shape index (κ2) is 5.09. The Kier molecular flexibility index (Phi) is 5.29. The summed E-state index contributed by atoms with van der Waals surface area (Å²) in [6.07, 6.45) is 0.454. The van der Waals surface area contributed by atoms with Crippen molar-refractivity contribution in [2.75, 3.05) is 23.4 Å². The van der Waals surface area contributed by atoms with Crippen molar-refractivity contribution in [3.8, 4) is 0 Å². The quantitative estimate of drug-likeness (QED) is 0.643. The second-order valence-electron chi connectivity index (χ2n) is 1.94. The van der Waals surface area contributed by atoms with Crippen LogP contribution in [0.1, 0.15) is 6.42 Å². The Balaban J connectivity index is 3.65. The van der Waals surface area contributed by atoms with Gasteiger partial charge < -0.3 is 0 Å². The van der Waals surface area contributed by atoms with Crippen LogP contribution in [0.5, 0.6) is 0 Å². The smallest absolute Gasteiger partial charge is 0.151 e. The van der Waals surface area contributed by atoms with Crippen LogP contribution < -0.4 is 5.73 Å². The predicted molar refractivity (Wildman–Crippen MR) is 45.0 cm³/mol. The highest BCUT2D eigenvalue weighted by molar-refractivity contribution is 9.09. The Bertz CT molecular complexity index is 166. The minimum Gasteiger partial charge on any atom is -0.258 e. The van der Waals surface area contributed by atoms with Crippen molar-refractivity contribution in [2.45, 2.75) is 6.42 Å². The van der Waals surface area contributed by atoms with Gasteiger partial charge in [-0.25, -0.2) is 8.42 Å². The molecule has 0 aliphatic carbocycles. The molecule has 0 aliphatic heterocycles. The fraction of sp³-hybridized carbons (Fsp3) is 1.00. The van der Waals surface area contributed by atoms with Crippen molar-refractivity contribution < 1.29 is 8.42 Å². The van der Waals surface area contributed by atoms with Gasteiger partial charge in [0.15, 0.2) is 9.84 Å². The van der Waals surface area contributed by atoms with Crippen LogP contribution in [-0.4, -0.2) is 31.8 Å². The van der Waals surface area contributed by atoms with Crippen LogP contribution in [0, 0.1) is 0 Å². The molecule has 0 bridgehead atoms. The molecule has 1 radical (unpaired) electrons. The van der Waals surface area contributed by atoms with Gasteiger partial charge in [-0.1, -0.05) is 15.9 Å². The van der Waals surface area contributed by atoms with E-state index in [9.17, 15) is 8.42 Å². The maximum absolute atomic E-state index is 10.9. The summed E-state index contributed by atoms with van der Waals surface area (Å²) in [5, 5.41) is 0.493. The van der Waals surface area contributed by atoms with Crippen LogP contribution in [0.15, 0.2) is 0 Å². The summed E-state index contributed by atoms with van der Waals surface area (Å²) in [6.45, 7) is 0.196. The first-order chi connectivity index (χ1) is 4.62. The molecule has 0 aromatic heterocycles. The van der Waals surface area contributed by atoms with Crippen LogP contribution in [-0.2, 0) is 9.84 Å². The van der Waals surface area contributed by atoms with E-state index < -0.39 is 9.84 Å². The number of hydrogen-bond acceptors (Lipinski definition) is 2. The summed E-state index contributed by atoms with van der Waals surface area (Å²) in [5.41, 5.74) is 6.74. The van der Waals surface area contributed by atoms with Gasteiger partial charge in [0.1, 0.15) is 0 Å². The second-order valence-corrected chi connectivity index (χ2v) is 5.04. The molecule has 0 saturated heterocycles. The highest BCUT2D eigenvalue weighted by Gasteiger charge is 2.07. The first kappa shape index (κ1) is 10.4. The van der Waals surface area contributed by atoms with Gasteiger partial charge in [0, 0.05) is 11.9 Å². The summed E-state index contributed by atoms with van der Waals surface area (Å²) >= 11 is 3.05. The summed E-state index contributed by atoms with van der Waals surface area (Å²) in [7, 11) is -2.86. The molecule has 0 aromatic carbocycles. The van der Waals surface area contributed by atoms with Gasteiger partial charge in [-0.2, -0.15) is 0 Å². The molecule has 0 fully saturated rings. The van der Waals surface area contributed by atoms with E-state index in [0.717, 1.165) is 0 Å². The number of hydrogen-bond donors (Lipinski definition) is 0. The molecule has 10 heavy (non-hydrogen) atoms. The summed E-state index contributed by atoms with van der Waals surface area (Å²) in [6, 6.07) is 0. The lowest BCUT2D eigenvalue weighted by Crippen LogP contribution is -2.13. The number of rotatable bonds is 5. The molecular formula is C5H11BrNO2S. The van der Waals surface area contributed by atoms with E-state index in [-0.39, 0.29) is 18.1 Å². The number of alkyl halides is 1. The maximum Gasteiger partial charge on any atom is 0.151 e. The van der Waals surface area contributed by atoms with Gasteiger partial charge in [-0.3, -0.25) is 5.73 Å². The lowest BCUT2D eigenvalue weighted by Gasteiger charge is -1.98. The Morgan fingerprint density at radius 2 is 1.90 bits per heavy atom. The van der Waals surface area contributed by atoms with Gasteiger partial charge in [0.25, 0.3) is 0 Å². The SMILES string of the molecule is [NH]CCCS(=O)(=O)CCBr. The molecule has 0 aromatic rings. The molecule has 0 atom stereocenters. The molecule has 0 rings (SSSR count). The monoisotopic (exact) mass is 228 g/mol. The van der Waals surface area contributed by atoms with Crippen molar-refractivity contribution in [1.29, 1.82) is 0 Å². The van der Waals surface area contributed by atoms with E-state index in [1.807, 2.05) is 0 Å². The molecule has 0 heterocycles. The molecule has 5 heteroatoms. The third kappa shape index (κ3) is 5.20. The molecule has 0 spiro atoms. The van der Waals surface area contributed by atoms with Crippen molar-refractivity contribution in [2.24, 2.45) is 0 Å². The van der Waals surface area contributed by atoms with Gasteiger partial charge in [-0.05, 0) is 6.42 Å². The Morgan fingerprint density at radius 1 is 1.30 bits per heavy atom. The van der Waals surface area contributed by atoms with Gasteiger partial charge in [0.05, 0.1) is 11.5 Å². The predicted octanol–water partition coefficient (Wildman–Crippen LogP) is 0.469. The molecule has 0 saturated carbocycles. The van der Waals surface area contributed by atoms with Gasteiger partial charge in [-0.15, -0.1) is 0 Å². The third-order valence-electron chi connectivity index (χ3n) is 1.02. The standard InChI is InChI=1S/C5H11BrNO2S/c6-2-5-10(8,9)4-1-3-7/h7H,1-5H2. The van der Waals surface area contributed by atoms with Gasteiger partial charge >= 0.3 is 0 Å². The van der Waals surface area contributed by atoms with Crippen LogP contribution in [0.4, 0.5) is 0 Å². The van der Waals surface area contributed by atoms with Crippen molar-refractivity contribution in [1.82, 2.24) is 5.73 Å². The van der Waals surface area contributed by atoms with Crippen LogP contribution in [0.2, 0.25) is 0 Å². The van der Waals surface area contributed by atoms with E-state index in [0.29, 0.717) is 11.8 Å². The van der Waals surface area contributed by atoms with E-state index in [1.165, 1.54) is 0 Å². The van der Waals surface area contributed by atoms with Crippen LogP contribution >= 0.6 is 15.9 Å². The zero-order valence-electron chi connectivity index (χ0n) is 5.64. The fourth-order valence-corrected chi connectivity index (χ4v) is 3.01. The van der Waals surface area contributed by atoms with E-state index in [4.69, 9.17) is 5.73 Å². The average Bonchev–Trinajstić information content (AvgIpc) is 1.84. The lowest BCUT2D eigenvalue weighted by molar-refractivity contribution is 0.595. The van der Waals surface area contributed by atoms with Crippen LogP contribution in [0.3, 0.4) is 0 Å². The van der Waals surface area contributed by atoms with E-state index in [1.54, 1.807) is 0 Å². The highest BCUT2D eigenvalue weighted by Crippen LogP contribution is 1.95. The van der Waals surface area contributed by atoms with Crippen molar-refractivity contribution in [3.05, 3.63) is 0 Å². The minimum absolute atomic E-state index is 0.155. The molecule has 3 nitrogen and oxygen atoms in total. The maximum atomic E-state index is 10.9. The zero-order valence-corrected chi connectivity index (χ0v) is 8.04. The first-order valence-electron chi connectivity index (χ1n) is 3.03. The lowest BCUT2D eigenvalue weighted by atomic mass is 10.5. The summed E-state index contributed by atoms with van der Waals surface area (Å²) < 4.78 is 21.8. The molecule has 0 amide bonds. The summed E-state index contributed by atoms with van der Waals surface area (Å²) in [5.74, 6) is 0.342. The Morgan fingerprint density at radius 3 is 2.30 bits per heavy atom. The third-order valence-corrected chi connectivity index (χ3v) is 3.68. The van der Waals surface area contributed by atoms with Gasteiger partial charge in [0.2, 0.25) is 0 Å². The minimum atomic E-state index is -2.86. The molecular weight excluding hydrogens is 218 g/mol. The summed E-state index contributed by atoms with van der Waals surface area (Å²) in [4.78, 5) is 0. The Hall–Kier alpha value is 0.390. The van der Waals surface area contributed by atoms with E-state index >= 15 is 0 Å². The van der Waals surface area contributed by atoms with E-state index in [2.05, 4.69) is 15.9 Å². The molecule has 0 aliphatic rings. The molecule has 1 N–H and O–H groups in total. The normalized spacial score (nSPS) is 11.8. The first-order valence-corrected chi connectivity index (χ1v) is 5.97. The number of sulfone groups is 1. The molecule has 0 unspecified atom stereocenters. The largest absolute Gasteiger partial charge is 0.258 e. The topological polar surface area (TPSA) is 57.9 Å². The zero-order chi connectivity index (χ0) is 8.04. The number of nitrogens with one attached hydrogen (secondary N) is 1. The average molecular weight is 229 g/mol. The molecule has 61 valence electrons. The Labute approximate surface area is 70.0 Å². The fourth-order valence-electron chi connectivity index (χ4n) is 0.512. The van der Waals surface area contributed by atoms with Crippen LogP contribution in [0.25, 0.3) is 0 Å². The van der Waals surface area contributed by atoms with Crippen molar-refractivity contribution >= 4 is 25.8 Å². The number of halogens is 1. The van der Waals surface area contributed by atoms with Crippen molar-refractivity contribution in [3.63, 3.8) is 0 Å². The highest BCUT2D eigenvalue weighted by atomic mass is 79.9.